The number of hydrogen-bond acceptors (Lipinski definition) is 8. The Bertz CT molecular complexity index is 1890. The summed E-state index contributed by atoms with van der Waals surface area (Å²) in [4.78, 5) is 33.7. The summed E-state index contributed by atoms with van der Waals surface area (Å²) in [7, 11) is 0. The van der Waals surface area contributed by atoms with Crippen molar-refractivity contribution in [2.45, 2.75) is 57.6 Å². The first kappa shape index (κ1) is 33.0. The van der Waals surface area contributed by atoms with Crippen LogP contribution in [0.2, 0.25) is 5.02 Å². The lowest BCUT2D eigenvalue weighted by atomic mass is 9.89. The van der Waals surface area contributed by atoms with Gasteiger partial charge >= 0.3 is 12.1 Å². The molecule has 10 nitrogen and oxygen atoms in total. The number of unbranched alkanes of at least 4 members (excludes halogenated alkanes) is 1. The fourth-order valence-electron chi connectivity index (χ4n) is 6.20. The number of para-hydroxylation sites is 1. The number of carboxylic acids is 1. The summed E-state index contributed by atoms with van der Waals surface area (Å²) < 4.78 is 17.0. The van der Waals surface area contributed by atoms with Crippen molar-refractivity contribution >= 4 is 34.8 Å². The molecule has 1 aliphatic rings. The summed E-state index contributed by atoms with van der Waals surface area (Å²) in [5.41, 5.74) is 6.24. The molecule has 0 spiro atoms. The van der Waals surface area contributed by atoms with Crippen molar-refractivity contribution in [1.29, 1.82) is 0 Å². The molecule has 2 heterocycles. The molecule has 1 unspecified atom stereocenters. The Morgan fingerprint density at radius 3 is 2.60 bits per heavy atom. The lowest BCUT2D eigenvalue weighted by Crippen LogP contribution is -2.34. The van der Waals surface area contributed by atoms with Crippen molar-refractivity contribution in [3.8, 4) is 23.1 Å². The van der Waals surface area contributed by atoms with Crippen LogP contribution >= 0.6 is 11.6 Å². The molecule has 0 amide bonds. The lowest BCUT2D eigenvalue weighted by Gasteiger charge is -2.36. The maximum atomic E-state index is 11.2. The Hall–Kier alpha value is -4.93. The van der Waals surface area contributed by atoms with Crippen LogP contribution in [0.1, 0.15) is 60.5 Å². The van der Waals surface area contributed by atoms with Gasteiger partial charge < -0.3 is 24.1 Å². The normalized spacial score (nSPS) is 14.2. The Kier molecular flexibility index (Phi) is 10.5. The Morgan fingerprint density at radius 2 is 1.79 bits per heavy atom. The molecule has 1 aliphatic carbocycles. The van der Waals surface area contributed by atoms with Gasteiger partial charge in [-0.15, -0.1) is 0 Å². The quantitative estimate of drug-likeness (QED) is 0.0877. The van der Waals surface area contributed by atoms with Gasteiger partial charge in [-0.3, -0.25) is 9.69 Å². The van der Waals surface area contributed by atoms with Crippen molar-refractivity contribution in [2.75, 3.05) is 13.1 Å². The average Bonchev–Trinajstić information content (AvgIpc) is 3.50. The first-order valence-corrected chi connectivity index (χ1v) is 16.4. The minimum absolute atomic E-state index is 0.0761. The second-order valence-corrected chi connectivity index (χ2v) is 12.3. The number of carbonyl (C=O) groups is 2. The minimum Gasteiger partial charge on any atom is -0.489 e. The number of hydrogen-bond donors (Lipinski definition) is 2. The van der Waals surface area contributed by atoms with E-state index in [1.807, 2.05) is 54.6 Å². The number of carboxylic acid groups (broad SMARTS) is 2. The van der Waals surface area contributed by atoms with E-state index in [2.05, 4.69) is 20.9 Å². The highest BCUT2D eigenvalue weighted by molar-refractivity contribution is 6.31. The van der Waals surface area contributed by atoms with E-state index >= 15 is 0 Å². The van der Waals surface area contributed by atoms with Crippen LogP contribution in [0.25, 0.3) is 22.6 Å². The molecular weight excluding hydrogens is 634 g/mol. The summed E-state index contributed by atoms with van der Waals surface area (Å²) in [6.45, 7) is 1.85. The molecule has 6 rings (SSSR count). The predicted octanol–water partition coefficient (Wildman–Crippen LogP) is 8.36. The molecule has 0 radical (unpaired) electrons. The van der Waals surface area contributed by atoms with Gasteiger partial charge in [0, 0.05) is 41.4 Å². The van der Waals surface area contributed by atoms with Crippen molar-refractivity contribution in [2.24, 2.45) is 0 Å². The SMILES string of the molecule is O=C(O)CCCCN(CCc1ccccc1OCc1ccc(-c2nc3cc(Cl)ccc3o2)cc1)C1CCCc2nc(OC(=O)O)ccc21. The molecule has 0 saturated carbocycles. The molecule has 11 heteroatoms. The minimum atomic E-state index is -1.39. The Balaban J connectivity index is 1.13. The molecule has 5 aromatic rings. The zero-order valence-electron chi connectivity index (χ0n) is 26.3. The highest BCUT2D eigenvalue weighted by Gasteiger charge is 2.27. The molecule has 1 atom stereocenters. The maximum absolute atomic E-state index is 11.2. The maximum Gasteiger partial charge on any atom is 0.512 e. The number of rotatable bonds is 14. The molecule has 0 saturated heterocycles. The first-order chi connectivity index (χ1) is 23.3. The topological polar surface area (TPSA) is 135 Å². The average molecular weight is 670 g/mol. The largest absolute Gasteiger partial charge is 0.512 e. The third-order valence-electron chi connectivity index (χ3n) is 8.54. The van der Waals surface area contributed by atoms with Crippen molar-refractivity contribution in [3.63, 3.8) is 0 Å². The van der Waals surface area contributed by atoms with Gasteiger partial charge in [-0.1, -0.05) is 48.0 Å². The number of fused-ring (bicyclic) bond motifs is 2. The van der Waals surface area contributed by atoms with Crippen LogP contribution < -0.4 is 9.47 Å². The van der Waals surface area contributed by atoms with Gasteiger partial charge in [0.1, 0.15) is 17.9 Å². The van der Waals surface area contributed by atoms with E-state index in [9.17, 15) is 9.59 Å². The van der Waals surface area contributed by atoms with Gasteiger partial charge in [-0.05, 0) is 98.2 Å². The molecule has 0 aliphatic heterocycles. The summed E-state index contributed by atoms with van der Waals surface area (Å²) in [6.07, 6.45) is 3.40. The highest BCUT2D eigenvalue weighted by atomic mass is 35.5. The van der Waals surface area contributed by atoms with Crippen LogP contribution in [-0.2, 0) is 24.2 Å². The monoisotopic (exact) mass is 669 g/mol. The number of nitrogens with zero attached hydrogens (tertiary/aromatic N) is 3. The van der Waals surface area contributed by atoms with Crippen LogP contribution in [0, 0.1) is 0 Å². The molecule has 3 aromatic carbocycles. The van der Waals surface area contributed by atoms with Crippen molar-refractivity contribution in [3.05, 3.63) is 106 Å². The van der Waals surface area contributed by atoms with Gasteiger partial charge in [0.25, 0.3) is 0 Å². The van der Waals surface area contributed by atoms with E-state index in [4.69, 9.17) is 35.7 Å². The van der Waals surface area contributed by atoms with Crippen LogP contribution in [-0.4, -0.2) is 50.3 Å². The van der Waals surface area contributed by atoms with Crippen LogP contribution in [0.4, 0.5) is 4.79 Å². The van der Waals surface area contributed by atoms with Gasteiger partial charge in [0.05, 0.1) is 0 Å². The summed E-state index contributed by atoms with van der Waals surface area (Å²) in [5.74, 6) is 0.622. The standard InChI is InChI=1S/C37H36ClN3O7/c38-27-15-17-33-30(22-27)40-36(47-33)26-13-11-24(12-14-26)23-46-32-9-2-1-6-25(32)19-21-41(20-4-3-10-35(42)43)31-8-5-7-29-28(31)16-18-34(39-29)48-37(44)45/h1-2,6,9,11-18,22,31H,3-5,7-8,10,19-21,23H2,(H,42,43)(H,44,45). The Labute approximate surface area is 282 Å². The summed E-state index contributed by atoms with van der Waals surface area (Å²) in [5, 5.41) is 18.8. The number of aliphatic carboxylic acids is 1. The second kappa shape index (κ2) is 15.3. The number of benzene rings is 3. The van der Waals surface area contributed by atoms with Gasteiger partial charge in [-0.25, -0.2) is 14.8 Å². The van der Waals surface area contributed by atoms with Gasteiger partial charge in [0.15, 0.2) is 5.58 Å². The van der Waals surface area contributed by atoms with Crippen LogP contribution in [0.3, 0.4) is 0 Å². The first-order valence-electron chi connectivity index (χ1n) is 16.0. The smallest absolute Gasteiger partial charge is 0.489 e. The third kappa shape index (κ3) is 8.31. The van der Waals surface area contributed by atoms with Crippen LogP contribution in [0.15, 0.2) is 83.3 Å². The van der Waals surface area contributed by atoms with E-state index in [0.29, 0.717) is 35.0 Å². The molecule has 0 fully saturated rings. The zero-order valence-corrected chi connectivity index (χ0v) is 27.1. The Morgan fingerprint density at radius 1 is 0.958 bits per heavy atom. The third-order valence-corrected chi connectivity index (χ3v) is 8.77. The van der Waals surface area contributed by atoms with E-state index in [0.717, 1.165) is 78.9 Å². The number of ether oxygens (including phenoxy) is 2. The van der Waals surface area contributed by atoms with Crippen molar-refractivity contribution < 1.29 is 33.7 Å². The summed E-state index contributed by atoms with van der Waals surface area (Å²) in [6, 6.07) is 24.9. The number of pyridine rings is 1. The summed E-state index contributed by atoms with van der Waals surface area (Å²) >= 11 is 6.10. The highest BCUT2D eigenvalue weighted by Crippen LogP contribution is 2.35. The molecule has 248 valence electrons. The number of halogens is 1. The van der Waals surface area contributed by atoms with E-state index in [1.165, 1.54) is 0 Å². The van der Waals surface area contributed by atoms with E-state index < -0.39 is 12.1 Å². The molecule has 0 bridgehead atoms. The second-order valence-electron chi connectivity index (χ2n) is 11.8. The predicted molar refractivity (Wildman–Crippen MR) is 181 cm³/mol. The van der Waals surface area contributed by atoms with E-state index in [-0.39, 0.29) is 18.3 Å². The van der Waals surface area contributed by atoms with Crippen LogP contribution in [0.5, 0.6) is 11.6 Å². The molecule has 48 heavy (non-hydrogen) atoms. The van der Waals surface area contributed by atoms with Gasteiger partial charge in [0.2, 0.25) is 11.8 Å². The molecule has 2 N–H and O–H groups in total. The zero-order chi connectivity index (χ0) is 33.5. The number of aryl methyl sites for hydroxylation is 1. The van der Waals surface area contributed by atoms with E-state index in [1.54, 1.807) is 18.2 Å². The fourth-order valence-corrected chi connectivity index (χ4v) is 6.36. The molecular formula is C37H36ClN3O7. The van der Waals surface area contributed by atoms with Crippen molar-refractivity contribution in [1.82, 2.24) is 14.9 Å². The van der Waals surface area contributed by atoms with Gasteiger partial charge in [-0.2, -0.15) is 0 Å². The fraction of sp³-hybridized carbons (Fsp3) is 0.297. The number of aromatic nitrogens is 2. The lowest BCUT2D eigenvalue weighted by molar-refractivity contribution is -0.137. The number of oxazole rings is 1. The molecule has 2 aromatic heterocycles.